The number of para-hydroxylation sites is 2. The summed E-state index contributed by atoms with van der Waals surface area (Å²) in [5, 5.41) is 7.66. The summed E-state index contributed by atoms with van der Waals surface area (Å²) in [4.78, 5) is 15.4. The van der Waals surface area contributed by atoms with Crippen LogP contribution in [0.4, 0.5) is 0 Å². The third kappa shape index (κ3) is 3.85. The second kappa shape index (κ2) is 8.22. The summed E-state index contributed by atoms with van der Waals surface area (Å²) in [5.74, 6) is 1.78. The summed E-state index contributed by atoms with van der Waals surface area (Å²) in [6, 6.07) is 7.68. The van der Waals surface area contributed by atoms with E-state index in [1.54, 1.807) is 4.68 Å². The Bertz CT molecular complexity index is 821. The van der Waals surface area contributed by atoms with Gasteiger partial charge in [0, 0.05) is 38.8 Å². The van der Waals surface area contributed by atoms with Gasteiger partial charge in [0.05, 0.1) is 18.7 Å². The van der Waals surface area contributed by atoms with Crippen molar-refractivity contribution in [3.63, 3.8) is 0 Å². The van der Waals surface area contributed by atoms with Crippen molar-refractivity contribution in [2.24, 2.45) is 13.0 Å². The Balaban J connectivity index is 1.46. The van der Waals surface area contributed by atoms with Crippen LogP contribution in [0, 0.1) is 5.92 Å². The average Bonchev–Trinajstić information content (AvgIpc) is 3.36. The predicted molar refractivity (Wildman–Crippen MR) is 106 cm³/mol. The van der Waals surface area contributed by atoms with E-state index in [0.717, 1.165) is 36.6 Å². The maximum absolute atomic E-state index is 13.4. The van der Waals surface area contributed by atoms with Crippen LogP contribution in [0.1, 0.15) is 24.8 Å². The molecule has 7 heteroatoms. The van der Waals surface area contributed by atoms with Crippen LogP contribution in [-0.4, -0.2) is 59.5 Å². The molecular formula is C21H28N4O3. The molecule has 1 aromatic carbocycles. The highest BCUT2D eigenvalue weighted by molar-refractivity contribution is 5.80. The highest BCUT2D eigenvalue weighted by Crippen LogP contribution is 2.32. The van der Waals surface area contributed by atoms with E-state index in [-0.39, 0.29) is 23.8 Å². The fourth-order valence-corrected chi connectivity index (χ4v) is 4.11. The lowest BCUT2D eigenvalue weighted by Crippen LogP contribution is -2.47. The maximum atomic E-state index is 13.4. The number of fused-ring (bicyclic) bond motifs is 1. The van der Waals surface area contributed by atoms with Crippen molar-refractivity contribution in [3.8, 4) is 11.5 Å². The fraction of sp³-hybridized carbons (Fsp3) is 0.524. The SMILES string of the molecule is CCCN(CC1COc2ccccc2O1)C(=O)[C@H]1CNC[C@@H]1c1cnn(C)c1. The first kappa shape index (κ1) is 18.8. The van der Waals surface area contributed by atoms with Gasteiger partial charge in [-0.05, 0) is 24.1 Å². The maximum Gasteiger partial charge on any atom is 0.227 e. The van der Waals surface area contributed by atoms with Crippen LogP contribution in [0.2, 0.25) is 0 Å². The summed E-state index contributed by atoms with van der Waals surface area (Å²) in [6.45, 7) is 5.31. The van der Waals surface area contributed by atoms with Crippen molar-refractivity contribution >= 4 is 5.91 Å². The molecule has 0 bridgehead atoms. The Morgan fingerprint density at radius 3 is 2.89 bits per heavy atom. The molecule has 28 heavy (non-hydrogen) atoms. The highest BCUT2D eigenvalue weighted by Gasteiger charge is 2.38. The number of nitrogens with one attached hydrogen (secondary N) is 1. The summed E-state index contributed by atoms with van der Waals surface area (Å²) >= 11 is 0. The molecule has 1 N–H and O–H groups in total. The van der Waals surface area contributed by atoms with Crippen LogP contribution in [0.15, 0.2) is 36.7 Å². The predicted octanol–water partition coefficient (Wildman–Crippen LogP) is 1.80. The standard InChI is InChI=1S/C21H28N4O3/c1-3-8-25(13-16-14-27-19-6-4-5-7-20(19)28-16)21(26)18-11-22-10-17(18)15-9-23-24(2)12-15/h4-7,9,12,16-18,22H,3,8,10-11,13-14H2,1-2H3/t16?,17-,18+/m1/s1. The normalized spacial score (nSPS) is 23.6. The van der Waals surface area contributed by atoms with Crippen LogP contribution in [-0.2, 0) is 11.8 Å². The van der Waals surface area contributed by atoms with E-state index in [9.17, 15) is 4.79 Å². The number of aryl methyl sites for hydroxylation is 1. The van der Waals surface area contributed by atoms with Crippen LogP contribution < -0.4 is 14.8 Å². The first-order valence-corrected chi connectivity index (χ1v) is 10.0. The van der Waals surface area contributed by atoms with Gasteiger partial charge in [-0.15, -0.1) is 0 Å². The van der Waals surface area contributed by atoms with Crippen LogP contribution >= 0.6 is 0 Å². The molecule has 3 heterocycles. The van der Waals surface area contributed by atoms with Gasteiger partial charge in [-0.2, -0.15) is 5.10 Å². The van der Waals surface area contributed by atoms with E-state index < -0.39 is 0 Å². The number of amides is 1. The minimum absolute atomic E-state index is 0.0763. The minimum atomic E-state index is -0.156. The Morgan fingerprint density at radius 2 is 2.14 bits per heavy atom. The Kier molecular flexibility index (Phi) is 5.52. The highest BCUT2D eigenvalue weighted by atomic mass is 16.6. The summed E-state index contributed by atoms with van der Waals surface area (Å²) in [6.07, 6.45) is 4.64. The number of carbonyl (C=O) groups excluding carboxylic acids is 1. The molecule has 2 aliphatic rings. The van der Waals surface area contributed by atoms with Crippen molar-refractivity contribution in [2.75, 3.05) is 32.8 Å². The zero-order valence-corrected chi connectivity index (χ0v) is 16.5. The smallest absolute Gasteiger partial charge is 0.227 e. The van der Waals surface area contributed by atoms with Gasteiger partial charge in [0.2, 0.25) is 5.91 Å². The number of nitrogens with zero attached hydrogens (tertiary/aromatic N) is 3. The molecular weight excluding hydrogens is 356 g/mol. The van der Waals surface area contributed by atoms with Crippen molar-refractivity contribution in [2.45, 2.75) is 25.4 Å². The number of rotatable bonds is 6. The van der Waals surface area contributed by atoms with E-state index in [1.807, 2.05) is 48.6 Å². The molecule has 150 valence electrons. The van der Waals surface area contributed by atoms with Crippen molar-refractivity contribution < 1.29 is 14.3 Å². The van der Waals surface area contributed by atoms with Crippen molar-refractivity contribution in [1.82, 2.24) is 20.0 Å². The van der Waals surface area contributed by atoms with Gasteiger partial charge >= 0.3 is 0 Å². The second-order valence-electron chi connectivity index (χ2n) is 7.60. The average molecular weight is 384 g/mol. The molecule has 1 saturated heterocycles. The number of hydrogen-bond donors (Lipinski definition) is 1. The summed E-state index contributed by atoms with van der Waals surface area (Å²) < 4.78 is 13.7. The quantitative estimate of drug-likeness (QED) is 0.823. The Morgan fingerprint density at radius 1 is 1.32 bits per heavy atom. The van der Waals surface area contributed by atoms with E-state index >= 15 is 0 Å². The zero-order valence-electron chi connectivity index (χ0n) is 16.5. The van der Waals surface area contributed by atoms with Crippen LogP contribution in [0.25, 0.3) is 0 Å². The summed E-state index contributed by atoms with van der Waals surface area (Å²) in [5.41, 5.74) is 1.12. The van der Waals surface area contributed by atoms with Crippen LogP contribution in [0.5, 0.6) is 11.5 Å². The van der Waals surface area contributed by atoms with E-state index in [1.165, 1.54) is 0 Å². The third-order valence-electron chi connectivity index (χ3n) is 5.48. The van der Waals surface area contributed by atoms with Crippen molar-refractivity contribution in [1.29, 1.82) is 0 Å². The molecule has 1 aromatic heterocycles. The number of carbonyl (C=O) groups is 1. The first-order chi connectivity index (χ1) is 13.7. The lowest BCUT2D eigenvalue weighted by atomic mass is 9.89. The molecule has 1 fully saturated rings. The van der Waals surface area contributed by atoms with Gasteiger partial charge in [-0.25, -0.2) is 0 Å². The molecule has 2 aromatic rings. The first-order valence-electron chi connectivity index (χ1n) is 10.0. The molecule has 0 radical (unpaired) electrons. The summed E-state index contributed by atoms with van der Waals surface area (Å²) in [7, 11) is 1.91. The van der Waals surface area contributed by atoms with Gasteiger partial charge < -0.3 is 19.7 Å². The van der Waals surface area contributed by atoms with E-state index in [2.05, 4.69) is 17.3 Å². The lowest BCUT2D eigenvalue weighted by Gasteiger charge is -2.33. The number of aromatic nitrogens is 2. The molecule has 7 nitrogen and oxygen atoms in total. The fourth-order valence-electron chi connectivity index (χ4n) is 4.11. The molecule has 1 amide bonds. The molecule has 4 rings (SSSR count). The van der Waals surface area contributed by atoms with Gasteiger partial charge in [-0.1, -0.05) is 19.1 Å². The second-order valence-corrected chi connectivity index (χ2v) is 7.60. The zero-order chi connectivity index (χ0) is 19.5. The Hall–Kier alpha value is -2.54. The number of benzene rings is 1. The topological polar surface area (TPSA) is 68.6 Å². The lowest BCUT2D eigenvalue weighted by molar-refractivity contribution is -0.137. The monoisotopic (exact) mass is 384 g/mol. The van der Waals surface area contributed by atoms with Crippen LogP contribution in [0.3, 0.4) is 0 Å². The number of hydrogen-bond acceptors (Lipinski definition) is 5. The number of ether oxygens (including phenoxy) is 2. The largest absolute Gasteiger partial charge is 0.486 e. The molecule has 3 atom stereocenters. The van der Waals surface area contributed by atoms with Gasteiger partial charge in [0.15, 0.2) is 17.6 Å². The van der Waals surface area contributed by atoms with Gasteiger partial charge in [0.25, 0.3) is 0 Å². The third-order valence-corrected chi connectivity index (χ3v) is 5.48. The van der Waals surface area contributed by atoms with Gasteiger partial charge in [0.1, 0.15) is 6.61 Å². The molecule has 0 aliphatic carbocycles. The van der Waals surface area contributed by atoms with Crippen molar-refractivity contribution in [3.05, 3.63) is 42.2 Å². The Labute approximate surface area is 165 Å². The van der Waals surface area contributed by atoms with E-state index in [0.29, 0.717) is 19.7 Å². The minimum Gasteiger partial charge on any atom is -0.486 e. The molecule has 2 aliphatic heterocycles. The molecule has 0 saturated carbocycles. The molecule has 0 spiro atoms. The molecule has 1 unspecified atom stereocenters. The van der Waals surface area contributed by atoms with Gasteiger partial charge in [-0.3, -0.25) is 9.48 Å². The van der Waals surface area contributed by atoms with E-state index in [4.69, 9.17) is 9.47 Å².